The van der Waals surface area contributed by atoms with Crippen LogP contribution in [0.2, 0.25) is 0 Å². The van der Waals surface area contributed by atoms with Crippen LogP contribution in [0, 0.1) is 11.3 Å². The number of benzene rings is 1. The zero-order valence-corrected chi connectivity index (χ0v) is 15.1. The number of nitrogens with two attached hydrogens (primary N) is 1. The summed E-state index contributed by atoms with van der Waals surface area (Å²) in [5.74, 6) is -0.0964. The third kappa shape index (κ3) is 3.65. The van der Waals surface area contributed by atoms with Gasteiger partial charge in [-0.1, -0.05) is 39.8 Å². The van der Waals surface area contributed by atoms with Crippen molar-refractivity contribution in [2.24, 2.45) is 17.1 Å². The third-order valence-corrected chi connectivity index (χ3v) is 6.44. The van der Waals surface area contributed by atoms with Gasteiger partial charge in [0, 0.05) is 30.6 Å². The van der Waals surface area contributed by atoms with Crippen LogP contribution in [0.1, 0.15) is 44.5 Å². The largest absolute Gasteiger partial charge is 0.327 e. The molecule has 0 aromatic heterocycles. The predicted octanol–water partition coefficient (Wildman–Crippen LogP) is 2.27. The Kier molecular flexibility index (Phi) is 4.99. The van der Waals surface area contributed by atoms with E-state index in [0.29, 0.717) is 25.1 Å². The Morgan fingerprint density at radius 3 is 2.30 bits per heavy atom. The van der Waals surface area contributed by atoms with Crippen molar-refractivity contribution in [2.75, 3.05) is 13.1 Å². The predicted molar refractivity (Wildman–Crippen MR) is 90.7 cm³/mol. The summed E-state index contributed by atoms with van der Waals surface area (Å²) in [6.45, 7) is 8.47. The van der Waals surface area contributed by atoms with Crippen molar-refractivity contribution in [2.45, 2.75) is 45.1 Å². The quantitative estimate of drug-likeness (QED) is 0.854. The molecule has 0 amide bonds. The minimum Gasteiger partial charge on any atom is -0.327 e. The Balaban J connectivity index is 2.25. The van der Waals surface area contributed by atoms with Crippen molar-refractivity contribution in [1.29, 1.82) is 0 Å². The average Bonchev–Trinajstić information content (AvgIpc) is 2.49. The van der Waals surface area contributed by atoms with Gasteiger partial charge in [0.05, 0.1) is 4.90 Å². The highest BCUT2D eigenvalue weighted by Crippen LogP contribution is 2.31. The molecule has 1 heterocycles. The molecule has 2 N–H and O–H groups in total. The van der Waals surface area contributed by atoms with E-state index in [9.17, 15) is 13.2 Å². The van der Waals surface area contributed by atoms with Gasteiger partial charge in [0.2, 0.25) is 10.0 Å². The van der Waals surface area contributed by atoms with Crippen molar-refractivity contribution in [3.63, 3.8) is 0 Å². The Morgan fingerprint density at radius 1 is 1.26 bits per heavy atom. The molecule has 2 rings (SSSR count). The number of carbonyl (C=O) groups excluding carboxylic acids is 1. The summed E-state index contributed by atoms with van der Waals surface area (Å²) >= 11 is 0. The first kappa shape index (κ1) is 18.1. The van der Waals surface area contributed by atoms with E-state index in [-0.39, 0.29) is 28.1 Å². The Bertz CT molecular complexity index is 678. The Morgan fingerprint density at radius 2 is 1.83 bits per heavy atom. The van der Waals surface area contributed by atoms with E-state index in [1.807, 2.05) is 27.7 Å². The number of hydrogen-bond donors (Lipinski definition) is 1. The van der Waals surface area contributed by atoms with Crippen molar-refractivity contribution in [3.05, 3.63) is 29.8 Å². The molecule has 1 aromatic carbocycles. The zero-order valence-electron chi connectivity index (χ0n) is 14.2. The molecule has 0 radical (unpaired) electrons. The SMILES string of the molecule is CC(C)C(=O)c1ccc(S(=O)(=O)N2CCC(N)C(C)(C)C2)cc1. The fourth-order valence-corrected chi connectivity index (χ4v) is 4.43. The van der Waals surface area contributed by atoms with Crippen molar-refractivity contribution in [3.8, 4) is 0 Å². The fraction of sp³-hybridized carbons (Fsp3) is 0.588. The topological polar surface area (TPSA) is 80.5 Å². The molecule has 5 nitrogen and oxygen atoms in total. The van der Waals surface area contributed by atoms with Gasteiger partial charge in [0.25, 0.3) is 0 Å². The molecule has 0 saturated carbocycles. The number of carbonyl (C=O) groups is 1. The van der Waals surface area contributed by atoms with Gasteiger partial charge < -0.3 is 5.73 Å². The van der Waals surface area contributed by atoms with Crippen LogP contribution < -0.4 is 5.73 Å². The lowest BCUT2D eigenvalue weighted by Gasteiger charge is -2.41. The lowest BCUT2D eigenvalue weighted by Crippen LogP contribution is -2.53. The first-order valence-electron chi connectivity index (χ1n) is 7.96. The van der Waals surface area contributed by atoms with E-state index in [0.717, 1.165) is 0 Å². The summed E-state index contributed by atoms with van der Waals surface area (Å²) < 4.78 is 27.1. The van der Waals surface area contributed by atoms with Crippen LogP contribution in [0.25, 0.3) is 0 Å². The summed E-state index contributed by atoms with van der Waals surface area (Å²) in [5, 5.41) is 0. The number of piperidine rings is 1. The van der Waals surface area contributed by atoms with Gasteiger partial charge in [-0.25, -0.2) is 8.42 Å². The van der Waals surface area contributed by atoms with Crippen LogP contribution >= 0.6 is 0 Å². The second-order valence-electron chi connectivity index (χ2n) is 7.27. The molecule has 1 atom stereocenters. The smallest absolute Gasteiger partial charge is 0.243 e. The molecule has 1 aliphatic heterocycles. The highest BCUT2D eigenvalue weighted by Gasteiger charge is 2.38. The fourth-order valence-electron chi connectivity index (χ4n) is 2.80. The van der Waals surface area contributed by atoms with E-state index in [1.54, 1.807) is 12.1 Å². The first-order chi connectivity index (χ1) is 10.6. The average molecular weight is 338 g/mol. The Hall–Kier alpha value is -1.24. The lowest BCUT2D eigenvalue weighted by molar-refractivity contribution is 0.0939. The van der Waals surface area contributed by atoms with Gasteiger partial charge in [-0.05, 0) is 24.0 Å². The summed E-state index contributed by atoms with van der Waals surface area (Å²) in [5.41, 5.74) is 6.37. The maximum Gasteiger partial charge on any atom is 0.243 e. The second kappa shape index (κ2) is 6.34. The van der Waals surface area contributed by atoms with Gasteiger partial charge >= 0.3 is 0 Å². The molecular weight excluding hydrogens is 312 g/mol. The van der Waals surface area contributed by atoms with Gasteiger partial charge in [-0.2, -0.15) is 4.31 Å². The molecule has 23 heavy (non-hydrogen) atoms. The van der Waals surface area contributed by atoms with Crippen LogP contribution in [0.5, 0.6) is 0 Å². The highest BCUT2D eigenvalue weighted by molar-refractivity contribution is 7.89. The van der Waals surface area contributed by atoms with E-state index >= 15 is 0 Å². The molecule has 1 aliphatic rings. The maximum atomic E-state index is 12.8. The van der Waals surface area contributed by atoms with Crippen LogP contribution in [-0.2, 0) is 10.0 Å². The summed E-state index contributed by atoms with van der Waals surface area (Å²) in [4.78, 5) is 12.2. The van der Waals surface area contributed by atoms with Crippen LogP contribution in [0.15, 0.2) is 29.2 Å². The highest BCUT2D eigenvalue weighted by atomic mass is 32.2. The maximum absolute atomic E-state index is 12.8. The minimum absolute atomic E-state index is 0.00000992. The molecular formula is C17H26N2O3S. The normalized spacial score (nSPS) is 22.3. The third-order valence-electron chi connectivity index (χ3n) is 4.58. The number of sulfonamides is 1. The number of nitrogens with zero attached hydrogens (tertiary/aromatic N) is 1. The van der Waals surface area contributed by atoms with E-state index < -0.39 is 10.0 Å². The molecule has 1 unspecified atom stereocenters. The molecule has 1 fully saturated rings. The zero-order chi connectivity index (χ0) is 17.4. The second-order valence-corrected chi connectivity index (χ2v) is 9.20. The molecule has 0 bridgehead atoms. The molecule has 1 aromatic rings. The lowest BCUT2D eigenvalue weighted by atomic mass is 9.81. The number of rotatable bonds is 4. The van der Waals surface area contributed by atoms with Crippen LogP contribution in [-0.4, -0.2) is 37.6 Å². The molecule has 0 aliphatic carbocycles. The van der Waals surface area contributed by atoms with Gasteiger partial charge in [0.15, 0.2) is 5.78 Å². The standard InChI is InChI=1S/C17H26N2O3S/c1-12(2)16(20)13-5-7-14(8-6-13)23(21,22)19-10-9-15(18)17(3,4)11-19/h5-8,12,15H,9-11,18H2,1-4H3. The molecule has 0 spiro atoms. The van der Waals surface area contributed by atoms with Crippen LogP contribution in [0.3, 0.4) is 0 Å². The van der Waals surface area contributed by atoms with Crippen molar-refractivity contribution in [1.82, 2.24) is 4.31 Å². The van der Waals surface area contributed by atoms with Gasteiger partial charge in [-0.15, -0.1) is 0 Å². The molecule has 6 heteroatoms. The summed E-state index contributed by atoms with van der Waals surface area (Å²) in [7, 11) is -3.55. The summed E-state index contributed by atoms with van der Waals surface area (Å²) in [6.07, 6.45) is 0.649. The van der Waals surface area contributed by atoms with Gasteiger partial charge in [-0.3, -0.25) is 4.79 Å². The van der Waals surface area contributed by atoms with Crippen LogP contribution in [0.4, 0.5) is 0 Å². The monoisotopic (exact) mass is 338 g/mol. The van der Waals surface area contributed by atoms with E-state index in [1.165, 1.54) is 16.4 Å². The van der Waals surface area contributed by atoms with Crippen molar-refractivity contribution < 1.29 is 13.2 Å². The van der Waals surface area contributed by atoms with Gasteiger partial charge in [0.1, 0.15) is 0 Å². The first-order valence-corrected chi connectivity index (χ1v) is 9.40. The summed E-state index contributed by atoms with van der Waals surface area (Å²) in [6, 6.07) is 6.23. The molecule has 1 saturated heterocycles. The number of hydrogen-bond acceptors (Lipinski definition) is 4. The minimum atomic E-state index is -3.55. The number of Topliss-reactive ketones (excluding diaryl/α,β-unsaturated/α-hetero) is 1. The van der Waals surface area contributed by atoms with E-state index in [4.69, 9.17) is 5.73 Å². The van der Waals surface area contributed by atoms with Crippen molar-refractivity contribution >= 4 is 15.8 Å². The number of ketones is 1. The molecule has 128 valence electrons. The Labute approximate surface area is 138 Å². The van der Waals surface area contributed by atoms with E-state index in [2.05, 4.69) is 0 Å².